The highest BCUT2D eigenvalue weighted by atomic mass is 16.2. The molecule has 0 radical (unpaired) electrons. The molecule has 0 aliphatic rings. The second-order valence-corrected chi connectivity index (χ2v) is 4.71. The van der Waals surface area contributed by atoms with Crippen LogP contribution in [0.2, 0.25) is 0 Å². The SMILES string of the molecule is CCCCCCCCCCCCC/C=C/O. The van der Waals surface area contributed by atoms with Gasteiger partial charge < -0.3 is 5.11 Å². The molecule has 0 saturated heterocycles. The van der Waals surface area contributed by atoms with Crippen LogP contribution in [-0.2, 0) is 0 Å². The molecule has 1 heteroatoms. The van der Waals surface area contributed by atoms with E-state index in [0.717, 1.165) is 12.7 Å². The lowest BCUT2D eigenvalue weighted by Crippen LogP contribution is -1.81. The van der Waals surface area contributed by atoms with E-state index < -0.39 is 0 Å². The van der Waals surface area contributed by atoms with Crippen molar-refractivity contribution in [2.45, 2.75) is 84.0 Å². The van der Waals surface area contributed by atoms with E-state index in [9.17, 15) is 0 Å². The fourth-order valence-corrected chi connectivity index (χ4v) is 2.00. The summed E-state index contributed by atoms with van der Waals surface area (Å²) in [7, 11) is 0. The van der Waals surface area contributed by atoms with E-state index in [4.69, 9.17) is 5.11 Å². The number of aliphatic hydroxyl groups excluding tert-OH is 1. The zero-order valence-electron chi connectivity index (χ0n) is 11.1. The molecule has 0 rings (SSSR count). The van der Waals surface area contributed by atoms with Gasteiger partial charge in [-0.2, -0.15) is 0 Å². The van der Waals surface area contributed by atoms with E-state index in [2.05, 4.69) is 6.92 Å². The van der Waals surface area contributed by atoms with Crippen molar-refractivity contribution in [3.05, 3.63) is 12.3 Å². The molecule has 1 N–H and O–H groups in total. The zero-order valence-corrected chi connectivity index (χ0v) is 11.1. The molecule has 0 aromatic carbocycles. The van der Waals surface area contributed by atoms with Crippen LogP contribution >= 0.6 is 0 Å². The lowest BCUT2D eigenvalue weighted by atomic mass is 10.1. The third-order valence-corrected chi connectivity index (χ3v) is 3.08. The first-order valence-electron chi connectivity index (χ1n) is 7.21. The van der Waals surface area contributed by atoms with Gasteiger partial charge in [-0.15, -0.1) is 0 Å². The molecule has 0 saturated carbocycles. The minimum atomic E-state index is 1.04. The van der Waals surface area contributed by atoms with Crippen LogP contribution in [0.1, 0.15) is 84.0 Å². The van der Waals surface area contributed by atoms with E-state index in [0.29, 0.717) is 0 Å². The Kier molecular flexibility index (Phi) is 14.1. The summed E-state index contributed by atoms with van der Waals surface area (Å²) < 4.78 is 0. The smallest absolute Gasteiger partial charge is 0.0751 e. The topological polar surface area (TPSA) is 20.2 Å². The molecule has 0 aromatic heterocycles. The maximum atomic E-state index is 8.45. The van der Waals surface area contributed by atoms with E-state index >= 15 is 0 Å². The highest BCUT2D eigenvalue weighted by Gasteiger charge is 1.92. The lowest BCUT2D eigenvalue weighted by molar-refractivity contribution is 0.469. The first kappa shape index (κ1) is 15.5. The third-order valence-electron chi connectivity index (χ3n) is 3.08. The summed E-state index contributed by atoms with van der Waals surface area (Å²) >= 11 is 0. The second-order valence-electron chi connectivity index (χ2n) is 4.71. The Balaban J connectivity index is 2.88. The van der Waals surface area contributed by atoms with E-state index in [-0.39, 0.29) is 0 Å². The first-order valence-corrected chi connectivity index (χ1v) is 7.21. The average molecular weight is 226 g/mol. The Hall–Kier alpha value is -0.460. The van der Waals surface area contributed by atoms with Crippen LogP contribution in [-0.4, -0.2) is 5.11 Å². The van der Waals surface area contributed by atoms with Gasteiger partial charge in [0.05, 0.1) is 6.26 Å². The lowest BCUT2D eigenvalue weighted by Gasteiger charge is -2.01. The van der Waals surface area contributed by atoms with Crippen LogP contribution in [0.5, 0.6) is 0 Å². The maximum absolute atomic E-state index is 8.45. The predicted molar refractivity (Wildman–Crippen MR) is 72.8 cm³/mol. The van der Waals surface area contributed by atoms with Gasteiger partial charge in [-0.1, -0.05) is 77.2 Å². The molecule has 0 spiro atoms. The van der Waals surface area contributed by atoms with Crippen molar-refractivity contribution in [2.24, 2.45) is 0 Å². The molecule has 96 valence electrons. The number of unbranched alkanes of at least 4 members (excludes halogenated alkanes) is 11. The van der Waals surface area contributed by atoms with Gasteiger partial charge in [0.2, 0.25) is 0 Å². The number of rotatable bonds is 12. The Bertz CT molecular complexity index is 140. The molecular weight excluding hydrogens is 196 g/mol. The number of aliphatic hydroxyl groups is 1. The van der Waals surface area contributed by atoms with Crippen molar-refractivity contribution in [1.82, 2.24) is 0 Å². The van der Waals surface area contributed by atoms with E-state index in [1.54, 1.807) is 0 Å². The average Bonchev–Trinajstić information content (AvgIpc) is 2.31. The van der Waals surface area contributed by atoms with Crippen molar-refractivity contribution >= 4 is 0 Å². The molecule has 0 bridgehead atoms. The molecule has 0 heterocycles. The minimum Gasteiger partial charge on any atom is -0.516 e. The van der Waals surface area contributed by atoms with E-state index in [1.165, 1.54) is 70.6 Å². The Labute approximate surface area is 102 Å². The normalized spacial score (nSPS) is 11.3. The van der Waals surface area contributed by atoms with E-state index in [1.807, 2.05) is 6.08 Å². The summed E-state index contributed by atoms with van der Waals surface area (Å²) in [5, 5.41) is 8.45. The van der Waals surface area contributed by atoms with Crippen molar-refractivity contribution in [3.8, 4) is 0 Å². The summed E-state index contributed by atoms with van der Waals surface area (Å²) in [4.78, 5) is 0. The molecular formula is C15H30O. The molecule has 0 atom stereocenters. The van der Waals surface area contributed by atoms with Gasteiger partial charge in [0, 0.05) is 0 Å². The molecule has 0 aromatic rings. The van der Waals surface area contributed by atoms with Crippen LogP contribution < -0.4 is 0 Å². The van der Waals surface area contributed by atoms with Crippen molar-refractivity contribution < 1.29 is 5.11 Å². The van der Waals surface area contributed by atoms with Crippen LogP contribution in [0.3, 0.4) is 0 Å². The molecule has 0 aliphatic heterocycles. The van der Waals surface area contributed by atoms with Gasteiger partial charge >= 0.3 is 0 Å². The van der Waals surface area contributed by atoms with Gasteiger partial charge in [-0.3, -0.25) is 0 Å². The van der Waals surface area contributed by atoms with Gasteiger partial charge in [0.15, 0.2) is 0 Å². The molecule has 1 nitrogen and oxygen atoms in total. The second kappa shape index (κ2) is 14.5. The third kappa shape index (κ3) is 13.5. The fraction of sp³-hybridized carbons (Fsp3) is 0.867. The maximum Gasteiger partial charge on any atom is 0.0751 e. The zero-order chi connectivity index (χ0) is 11.9. The molecule has 0 fully saturated rings. The van der Waals surface area contributed by atoms with Crippen molar-refractivity contribution in [2.75, 3.05) is 0 Å². The van der Waals surface area contributed by atoms with Crippen molar-refractivity contribution in [1.29, 1.82) is 0 Å². The quantitative estimate of drug-likeness (QED) is 0.331. The van der Waals surface area contributed by atoms with Crippen LogP contribution in [0.25, 0.3) is 0 Å². The molecule has 16 heavy (non-hydrogen) atoms. The van der Waals surface area contributed by atoms with Gasteiger partial charge in [0.1, 0.15) is 0 Å². The summed E-state index contributed by atoms with van der Waals surface area (Å²) in [6.07, 6.45) is 19.3. The van der Waals surface area contributed by atoms with Crippen LogP contribution in [0, 0.1) is 0 Å². The fourth-order valence-electron chi connectivity index (χ4n) is 2.00. The number of hydrogen-bond acceptors (Lipinski definition) is 1. The molecule has 0 aliphatic carbocycles. The first-order chi connectivity index (χ1) is 7.91. The predicted octanol–water partition coefficient (Wildman–Crippen LogP) is 5.76. The standard InChI is InChI=1S/C15H30O/c1-2-3-4-5-6-7-8-9-10-11-12-13-14-15-16/h14-16H,2-13H2,1H3/b15-14+. The Morgan fingerprint density at radius 2 is 1.12 bits per heavy atom. The van der Waals surface area contributed by atoms with Gasteiger partial charge in [-0.05, 0) is 12.8 Å². The van der Waals surface area contributed by atoms with Gasteiger partial charge in [-0.25, -0.2) is 0 Å². The van der Waals surface area contributed by atoms with Crippen molar-refractivity contribution in [3.63, 3.8) is 0 Å². The monoisotopic (exact) mass is 226 g/mol. The summed E-state index contributed by atoms with van der Waals surface area (Å²) in [5.41, 5.74) is 0. The Morgan fingerprint density at radius 1 is 0.688 bits per heavy atom. The van der Waals surface area contributed by atoms with Crippen LogP contribution in [0.15, 0.2) is 12.3 Å². The molecule has 0 amide bonds. The van der Waals surface area contributed by atoms with Gasteiger partial charge in [0.25, 0.3) is 0 Å². The van der Waals surface area contributed by atoms with Crippen LogP contribution in [0.4, 0.5) is 0 Å². The molecule has 0 unspecified atom stereocenters. The summed E-state index contributed by atoms with van der Waals surface area (Å²) in [6.45, 7) is 2.27. The summed E-state index contributed by atoms with van der Waals surface area (Å²) in [5.74, 6) is 0. The minimum absolute atomic E-state index is 1.04. The number of hydrogen-bond donors (Lipinski definition) is 1. The highest BCUT2D eigenvalue weighted by molar-refractivity contribution is 4.70. The Morgan fingerprint density at radius 3 is 1.56 bits per heavy atom. The highest BCUT2D eigenvalue weighted by Crippen LogP contribution is 2.11. The largest absolute Gasteiger partial charge is 0.516 e. The summed E-state index contributed by atoms with van der Waals surface area (Å²) in [6, 6.07) is 0. The number of allylic oxidation sites excluding steroid dienone is 1.